The first kappa shape index (κ1) is 18.5. The van der Waals surface area contributed by atoms with Gasteiger partial charge in [-0.05, 0) is 42.5 Å². The van der Waals surface area contributed by atoms with E-state index in [0.29, 0.717) is 34.8 Å². The molecule has 3 heterocycles. The van der Waals surface area contributed by atoms with Gasteiger partial charge in [0.25, 0.3) is 0 Å². The van der Waals surface area contributed by atoms with Crippen LogP contribution >= 0.6 is 11.6 Å². The zero-order valence-electron chi connectivity index (χ0n) is 15.3. The number of aromatic nitrogens is 2. The topological polar surface area (TPSA) is 54.7 Å². The monoisotopic (exact) mass is 403 g/mol. The summed E-state index contributed by atoms with van der Waals surface area (Å²) in [6.45, 7) is 5.36. The number of rotatable bonds is 3. The van der Waals surface area contributed by atoms with E-state index >= 15 is 0 Å². The molecule has 2 aromatic heterocycles. The second-order valence-corrected chi connectivity index (χ2v) is 9.91. The molecule has 0 spiro atoms. The van der Waals surface area contributed by atoms with Gasteiger partial charge in [0, 0.05) is 31.0 Å². The fourth-order valence-electron chi connectivity index (χ4n) is 3.87. The Morgan fingerprint density at radius 1 is 1.07 bits per heavy atom. The van der Waals surface area contributed by atoms with Gasteiger partial charge >= 0.3 is 0 Å². The molecule has 7 heteroatoms. The lowest BCUT2D eigenvalue weighted by Crippen LogP contribution is -2.42. The molecular weight excluding hydrogens is 382 g/mol. The summed E-state index contributed by atoms with van der Waals surface area (Å²) in [5.41, 5.74) is 2.25. The molecule has 27 heavy (non-hydrogen) atoms. The number of sulfonamides is 1. The zero-order valence-corrected chi connectivity index (χ0v) is 16.9. The van der Waals surface area contributed by atoms with E-state index in [9.17, 15) is 8.42 Å². The number of fused-ring (bicyclic) bond motifs is 1. The number of imidazole rings is 1. The molecule has 0 radical (unpaired) electrons. The second-order valence-electron chi connectivity index (χ2n) is 7.53. The average Bonchev–Trinajstić information content (AvgIpc) is 3.04. The van der Waals surface area contributed by atoms with E-state index in [-0.39, 0.29) is 0 Å². The van der Waals surface area contributed by atoms with Gasteiger partial charge in [-0.15, -0.1) is 0 Å². The van der Waals surface area contributed by atoms with Crippen LogP contribution in [0.4, 0.5) is 0 Å². The van der Waals surface area contributed by atoms with Crippen molar-refractivity contribution >= 4 is 27.3 Å². The third-order valence-electron chi connectivity index (χ3n) is 5.02. The van der Waals surface area contributed by atoms with E-state index in [2.05, 4.69) is 18.8 Å². The number of pyridine rings is 1. The van der Waals surface area contributed by atoms with Gasteiger partial charge in [0.05, 0.1) is 15.6 Å². The number of halogens is 1. The molecule has 0 aliphatic carbocycles. The molecule has 1 aliphatic heterocycles. The zero-order chi connectivity index (χ0) is 19.2. The van der Waals surface area contributed by atoms with Gasteiger partial charge in [-0.1, -0.05) is 37.6 Å². The summed E-state index contributed by atoms with van der Waals surface area (Å²) >= 11 is 6.04. The van der Waals surface area contributed by atoms with Crippen LogP contribution in [0, 0.1) is 11.8 Å². The molecule has 0 amide bonds. The van der Waals surface area contributed by atoms with Gasteiger partial charge in [0.2, 0.25) is 10.0 Å². The van der Waals surface area contributed by atoms with E-state index in [1.54, 1.807) is 34.8 Å². The van der Waals surface area contributed by atoms with Crippen LogP contribution in [0.25, 0.3) is 16.9 Å². The Morgan fingerprint density at radius 2 is 1.81 bits per heavy atom. The Balaban J connectivity index is 1.71. The van der Waals surface area contributed by atoms with Crippen LogP contribution in [0.3, 0.4) is 0 Å². The maximum absolute atomic E-state index is 13.2. The quantitative estimate of drug-likeness (QED) is 0.654. The van der Waals surface area contributed by atoms with Crippen LogP contribution < -0.4 is 0 Å². The molecule has 2 atom stereocenters. The van der Waals surface area contributed by atoms with Crippen molar-refractivity contribution in [2.45, 2.75) is 25.2 Å². The van der Waals surface area contributed by atoms with E-state index < -0.39 is 10.0 Å². The summed E-state index contributed by atoms with van der Waals surface area (Å²) in [6, 6.07) is 10.6. The van der Waals surface area contributed by atoms with Crippen molar-refractivity contribution in [3.05, 3.63) is 53.8 Å². The van der Waals surface area contributed by atoms with Crippen LogP contribution in [0.5, 0.6) is 0 Å². The van der Waals surface area contributed by atoms with Crippen LogP contribution in [0.15, 0.2) is 53.7 Å². The summed E-state index contributed by atoms with van der Waals surface area (Å²) in [5.74, 6) is 0.741. The molecule has 142 valence electrons. The summed E-state index contributed by atoms with van der Waals surface area (Å²) in [7, 11) is -3.52. The molecule has 1 saturated heterocycles. The Hall–Kier alpha value is -1.89. The lowest BCUT2D eigenvalue weighted by molar-refractivity contribution is 0.222. The molecule has 1 aromatic carbocycles. The maximum atomic E-state index is 13.2. The van der Waals surface area contributed by atoms with Crippen LogP contribution in [-0.2, 0) is 10.0 Å². The lowest BCUT2D eigenvalue weighted by atomic mass is 9.94. The van der Waals surface area contributed by atoms with Crippen molar-refractivity contribution in [1.29, 1.82) is 0 Å². The fraction of sp³-hybridized carbons (Fsp3) is 0.350. The molecule has 0 unspecified atom stereocenters. The maximum Gasteiger partial charge on any atom is 0.243 e. The van der Waals surface area contributed by atoms with Crippen molar-refractivity contribution in [1.82, 2.24) is 13.7 Å². The van der Waals surface area contributed by atoms with Crippen molar-refractivity contribution in [2.75, 3.05) is 13.1 Å². The number of hydrogen-bond acceptors (Lipinski definition) is 3. The van der Waals surface area contributed by atoms with E-state index in [1.807, 2.05) is 22.7 Å². The van der Waals surface area contributed by atoms with Crippen LogP contribution in [-0.4, -0.2) is 35.2 Å². The van der Waals surface area contributed by atoms with E-state index in [0.717, 1.165) is 23.3 Å². The largest absolute Gasteiger partial charge is 0.305 e. The Bertz CT molecular complexity index is 1080. The van der Waals surface area contributed by atoms with Gasteiger partial charge < -0.3 is 4.40 Å². The van der Waals surface area contributed by atoms with Crippen molar-refractivity contribution in [2.24, 2.45) is 11.8 Å². The normalized spacial score (nSPS) is 21.6. The smallest absolute Gasteiger partial charge is 0.243 e. The van der Waals surface area contributed by atoms with Crippen LogP contribution in [0.1, 0.15) is 20.3 Å². The first-order chi connectivity index (χ1) is 12.8. The van der Waals surface area contributed by atoms with E-state index in [4.69, 9.17) is 11.6 Å². The molecular formula is C20H22ClN3O2S. The molecule has 0 saturated carbocycles. The minimum absolute atomic E-state index is 0.316. The molecule has 5 nitrogen and oxygen atoms in total. The molecule has 0 bridgehead atoms. The number of benzene rings is 1. The number of nitrogens with zero attached hydrogens (tertiary/aromatic N) is 3. The third kappa shape index (κ3) is 3.61. The lowest BCUT2D eigenvalue weighted by Gasteiger charge is -2.34. The van der Waals surface area contributed by atoms with Gasteiger partial charge in [-0.2, -0.15) is 4.31 Å². The first-order valence-corrected chi connectivity index (χ1v) is 10.9. The predicted octanol–water partition coefficient (Wildman–Crippen LogP) is 4.32. The molecule has 1 fully saturated rings. The highest BCUT2D eigenvalue weighted by Crippen LogP contribution is 2.29. The molecule has 4 rings (SSSR count). The average molecular weight is 404 g/mol. The highest BCUT2D eigenvalue weighted by Gasteiger charge is 2.31. The summed E-state index contributed by atoms with van der Waals surface area (Å²) < 4.78 is 29.8. The van der Waals surface area contributed by atoms with Crippen LogP contribution in [0.2, 0.25) is 5.02 Å². The summed E-state index contributed by atoms with van der Waals surface area (Å²) in [5, 5.41) is 0.621. The van der Waals surface area contributed by atoms with Crippen molar-refractivity contribution in [3.8, 4) is 11.3 Å². The number of piperidine rings is 1. The minimum atomic E-state index is -3.52. The van der Waals surface area contributed by atoms with Gasteiger partial charge in [-0.25, -0.2) is 13.4 Å². The standard InChI is InChI=1S/C20H22ClN3O2S/c1-14-8-15(2)11-24(10-14)27(25,26)18-5-3-4-16(9-18)19-13-23-12-17(21)6-7-20(23)22-19/h3-7,9,12-15H,8,10-11H2,1-2H3/t14-,15-/m1/s1. The molecule has 3 aromatic rings. The fourth-order valence-corrected chi connectivity index (χ4v) is 5.76. The SMILES string of the molecule is C[C@@H]1C[C@@H](C)CN(S(=O)(=O)c2cccc(-c3cn4cc(Cl)ccc4n3)c2)C1. The third-order valence-corrected chi connectivity index (χ3v) is 7.07. The highest BCUT2D eigenvalue weighted by molar-refractivity contribution is 7.89. The Morgan fingerprint density at radius 3 is 2.56 bits per heavy atom. The van der Waals surface area contributed by atoms with Crippen molar-refractivity contribution in [3.63, 3.8) is 0 Å². The minimum Gasteiger partial charge on any atom is -0.305 e. The van der Waals surface area contributed by atoms with Crippen molar-refractivity contribution < 1.29 is 8.42 Å². The second kappa shape index (κ2) is 6.93. The summed E-state index contributed by atoms with van der Waals surface area (Å²) in [4.78, 5) is 4.90. The highest BCUT2D eigenvalue weighted by atomic mass is 35.5. The summed E-state index contributed by atoms with van der Waals surface area (Å²) in [6.07, 6.45) is 4.71. The first-order valence-electron chi connectivity index (χ1n) is 9.08. The molecule has 0 N–H and O–H groups in total. The number of hydrogen-bond donors (Lipinski definition) is 0. The van der Waals surface area contributed by atoms with E-state index in [1.165, 1.54) is 0 Å². The predicted molar refractivity (Wildman–Crippen MR) is 107 cm³/mol. The Kier molecular flexibility index (Phi) is 4.74. The molecule has 1 aliphatic rings. The van der Waals surface area contributed by atoms with Gasteiger partial charge in [0.1, 0.15) is 5.65 Å². The Labute approximate surface area is 164 Å². The van der Waals surface area contributed by atoms with Gasteiger partial charge in [-0.3, -0.25) is 0 Å². The van der Waals surface area contributed by atoms with Gasteiger partial charge in [0.15, 0.2) is 0 Å².